The van der Waals surface area contributed by atoms with Crippen molar-refractivity contribution in [1.29, 1.82) is 5.26 Å². The number of primary amides is 1. The minimum Gasteiger partial charge on any atom is -0.366 e. The van der Waals surface area contributed by atoms with E-state index in [1.165, 1.54) is 6.08 Å². The van der Waals surface area contributed by atoms with E-state index in [-0.39, 0.29) is 0 Å². The topological polar surface area (TPSA) is 96.0 Å². The predicted octanol–water partition coefficient (Wildman–Crippen LogP) is 2.83. The molecule has 2 amide bonds. The van der Waals surface area contributed by atoms with Crippen LogP contribution in [-0.4, -0.2) is 11.8 Å². The molecule has 1 unspecified atom stereocenters. The van der Waals surface area contributed by atoms with Crippen molar-refractivity contribution in [2.75, 3.05) is 0 Å². The third-order valence-electron chi connectivity index (χ3n) is 3.24. The van der Waals surface area contributed by atoms with Gasteiger partial charge in [0.1, 0.15) is 6.04 Å². The molecule has 0 aliphatic rings. The van der Waals surface area contributed by atoms with Crippen LogP contribution in [0.15, 0.2) is 54.6 Å². The van der Waals surface area contributed by atoms with Gasteiger partial charge in [0.05, 0.1) is 6.07 Å². The second-order valence-corrected chi connectivity index (χ2v) is 5.38. The average Bonchev–Trinajstić information content (AvgIpc) is 2.59. The van der Waals surface area contributed by atoms with Gasteiger partial charge < -0.3 is 11.1 Å². The van der Waals surface area contributed by atoms with Crippen molar-refractivity contribution in [3.63, 3.8) is 0 Å². The minimum absolute atomic E-state index is 0.392. The molecule has 5 nitrogen and oxygen atoms in total. The van der Waals surface area contributed by atoms with Crippen LogP contribution < -0.4 is 11.1 Å². The van der Waals surface area contributed by atoms with Crippen LogP contribution in [0, 0.1) is 11.3 Å². The number of nitriles is 1. The summed E-state index contributed by atoms with van der Waals surface area (Å²) in [4.78, 5) is 22.9. The maximum absolute atomic E-state index is 12.0. The van der Waals surface area contributed by atoms with Crippen molar-refractivity contribution < 1.29 is 9.59 Å². The van der Waals surface area contributed by atoms with Crippen LogP contribution in [0.1, 0.15) is 27.5 Å². The average molecular weight is 340 g/mol. The molecule has 0 saturated carbocycles. The monoisotopic (exact) mass is 339 g/mol. The number of nitrogens with one attached hydrogen (secondary N) is 1. The summed E-state index contributed by atoms with van der Waals surface area (Å²) in [6.45, 7) is 0. The molecule has 0 aliphatic heterocycles. The van der Waals surface area contributed by atoms with Crippen LogP contribution >= 0.6 is 11.6 Å². The van der Waals surface area contributed by atoms with Crippen molar-refractivity contribution in [3.05, 3.63) is 76.3 Å². The van der Waals surface area contributed by atoms with Crippen LogP contribution in [-0.2, 0) is 4.79 Å². The number of hydrogen-bond acceptors (Lipinski definition) is 3. The fraction of sp³-hybridized carbons (Fsp3) is 0.0556. The molecule has 0 spiro atoms. The van der Waals surface area contributed by atoms with Crippen molar-refractivity contribution >= 4 is 29.5 Å². The number of rotatable bonds is 5. The van der Waals surface area contributed by atoms with E-state index < -0.39 is 17.9 Å². The molecule has 24 heavy (non-hydrogen) atoms. The lowest BCUT2D eigenvalue weighted by molar-refractivity contribution is -0.116. The lowest BCUT2D eigenvalue weighted by Gasteiger charge is -2.10. The fourth-order valence-corrected chi connectivity index (χ4v) is 2.09. The zero-order chi connectivity index (χ0) is 17.5. The number of carbonyl (C=O) groups excluding carboxylic acids is 2. The highest BCUT2D eigenvalue weighted by Gasteiger charge is 2.11. The van der Waals surface area contributed by atoms with E-state index in [2.05, 4.69) is 5.32 Å². The molecule has 0 heterocycles. The fourth-order valence-electron chi connectivity index (χ4n) is 1.97. The highest BCUT2D eigenvalue weighted by atomic mass is 35.5. The van der Waals surface area contributed by atoms with Crippen LogP contribution in [0.3, 0.4) is 0 Å². The summed E-state index contributed by atoms with van der Waals surface area (Å²) in [6.07, 6.45) is 2.90. The first-order valence-corrected chi connectivity index (χ1v) is 7.41. The molecule has 0 aromatic heterocycles. The minimum atomic E-state index is -0.767. The highest BCUT2D eigenvalue weighted by Crippen LogP contribution is 2.16. The van der Waals surface area contributed by atoms with E-state index in [1.54, 1.807) is 54.6 Å². The lowest BCUT2D eigenvalue weighted by atomic mass is 10.1. The van der Waals surface area contributed by atoms with Gasteiger partial charge in [0.2, 0.25) is 11.8 Å². The molecule has 3 N–H and O–H groups in total. The maximum atomic E-state index is 12.0. The van der Waals surface area contributed by atoms with Gasteiger partial charge in [-0.2, -0.15) is 5.26 Å². The van der Waals surface area contributed by atoms with Crippen LogP contribution in [0.4, 0.5) is 0 Å². The van der Waals surface area contributed by atoms with Crippen molar-refractivity contribution in [2.45, 2.75) is 6.04 Å². The zero-order valence-corrected chi connectivity index (χ0v) is 13.3. The highest BCUT2D eigenvalue weighted by molar-refractivity contribution is 6.30. The molecule has 2 aromatic rings. The van der Waals surface area contributed by atoms with Gasteiger partial charge in [-0.1, -0.05) is 35.9 Å². The first kappa shape index (κ1) is 17.3. The van der Waals surface area contributed by atoms with Crippen LogP contribution in [0.25, 0.3) is 6.08 Å². The Balaban J connectivity index is 2.02. The number of hydrogen-bond donors (Lipinski definition) is 2. The second-order valence-electron chi connectivity index (χ2n) is 4.94. The molecule has 0 fully saturated rings. The quantitative estimate of drug-likeness (QED) is 0.820. The Morgan fingerprint density at radius 1 is 1.12 bits per heavy atom. The Morgan fingerprint density at radius 2 is 1.75 bits per heavy atom. The van der Waals surface area contributed by atoms with Gasteiger partial charge in [-0.05, 0) is 41.5 Å². The lowest BCUT2D eigenvalue weighted by Crippen LogP contribution is -2.25. The molecule has 6 heteroatoms. The summed E-state index contributed by atoms with van der Waals surface area (Å²) < 4.78 is 0. The summed E-state index contributed by atoms with van der Waals surface area (Å²) in [6, 6.07) is 14.4. The van der Waals surface area contributed by atoms with Crippen LogP contribution in [0.5, 0.6) is 0 Å². The molecule has 2 aromatic carbocycles. The molecule has 2 rings (SSSR count). The van der Waals surface area contributed by atoms with E-state index in [4.69, 9.17) is 17.3 Å². The zero-order valence-electron chi connectivity index (χ0n) is 12.6. The van der Waals surface area contributed by atoms with Gasteiger partial charge in [-0.3, -0.25) is 9.59 Å². The first-order valence-electron chi connectivity index (χ1n) is 7.03. The summed E-state index contributed by atoms with van der Waals surface area (Å²) in [7, 11) is 0. The van der Waals surface area contributed by atoms with Gasteiger partial charge in [-0.25, -0.2) is 0 Å². The number of carbonyl (C=O) groups is 2. The van der Waals surface area contributed by atoms with E-state index >= 15 is 0 Å². The van der Waals surface area contributed by atoms with Crippen molar-refractivity contribution in [1.82, 2.24) is 5.32 Å². The summed E-state index contributed by atoms with van der Waals surface area (Å²) in [5.41, 5.74) is 6.93. The first-order chi connectivity index (χ1) is 11.5. The Morgan fingerprint density at radius 3 is 2.29 bits per heavy atom. The molecule has 0 aliphatic carbocycles. The predicted molar refractivity (Wildman–Crippen MR) is 91.9 cm³/mol. The third-order valence-corrected chi connectivity index (χ3v) is 3.49. The normalized spacial score (nSPS) is 11.7. The number of halogens is 1. The number of nitrogens with two attached hydrogens (primary N) is 1. The van der Waals surface area contributed by atoms with Gasteiger partial charge in [0, 0.05) is 16.7 Å². The number of amides is 2. The Labute approximate surface area is 144 Å². The largest absolute Gasteiger partial charge is 0.366 e. The Bertz CT molecular complexity index is 806. The molecule has 120 valence electrons. The molecular formula is C18H14ClN3O2. The van der Waals surface area contributed by atoms with Gasteiger partial charge in [0.15, 0.2) is 0 Å². The van der Waals surface area contributed by atoms with E-state index in [9.17, 15) is 14.9 Å². The second kappa shape index (κ2) is 7.95. The summed E-state index contributed by atoms with van der Waals surface area (Å²) in [5.74, 6) is -0.918. The number of nitrogens with zero attached hydrogens (tertiary/aromatic N) is 1. The van der Waals surface area contributed by atoms with E-state index in [0.717, 1.165) is 5.56 Å². The van der Waals surface area contributed by atoms with E-state index in [1.807, 2.05) is 6.07 Å². The van der Waals surface area contributed by atoms with E-state index in [0.29, 0.717) is 16.1 Å². The summed E-state index contributed by atoms with van der Waals surface area (Å²) in [5, 5.41) is 12.4. The number of benzene rings is 2. The van der Waals surface area contributed by atoms with Gasteiger partial charge in [-0.15, -0.1) is 0 Å². The smallest absolute Gasteiger partial charge is 0.248 e. The molecule has 0 bridgehead atoms. The maximum Gasteiger partial charge on any atom is 0.248 e. The third kappa shape index (κ3) is 4.70. The molecule has 1 atom stereocenters. The van der Waals surface area contributed by atoms with Crippen molar-refractivity contribution in [2.24, 2.45) is 5.73 Å². The SMILES string of the molecule is N#CC(NC(=O)/C=C/c1ccc(C(N)=O)cc1)c1ccc(Cl)cc1. The Kier molecular flexibility index (Phi) is 5.72. The molecule has 0 radical (unpaired) electrons. The van der Waals surface area contributed by atoms with Crippen LogP contribution in [0.2, 0.25) is 5.02 Å². The van der Waals surface area contributed by atoms with Gasteiger partial charge >= 0.3 is 0 Å². The summed E-state index contributed by atoms with van der Waals surface area (Å²) >= 11 is 5.80. The van der Waals surface area contributed by atoms with Gasteiger partial charge in [0.25, 0.3) is 0 Å². The van der Waals surface area contributed by atoms with Crippen molar-refractivity contribution in [3.8, 4) is 6.07 Å². The molecule has 0 saturated heterocycles. The standard InChI is InChI=1S/C18H14ClN3O2/c19-15-8-6-13(7-9-15)16(11-20)22-17(23)10-3-12-1-4-14(5-2-12)18(21)24/h1-10,16H,(H2,21,24)(H,22,23)/b10-3+. The Hall–Kier alpha value is -3.10. The molecular weight excluding hydrogens is 326 g/mol.